The first-order valence-corrected chi connectivity index (χ1v) is 8.02. The Labute approximate surface area is 137 Å². The van der Waals surface area contributed by atoms with E-state index in [0.717, 1.165) is 11.1 Å². The van der Waals surface area contributed by atoms with Crippen LogP contribution in [0, 0.1) is 11.3 Å². The maximum Gasteiger partial charge on any atom is 0.252 e. The molecule has 23 heavy (non-hydrogen) atoms. The van der Waals surface area contributed by atoms with E-state index >= 15 is 0 Å². The Morgan fingerprint density at radius 3 is 2.52 bits per heavy atom. The topological polar surface area (TPSA) is 69.5 Å². The predicted molar refractivity (Wildman–Crippen MR) is 91.0 cm³/mol. The van der Waals surface area contributed by atoms with Gasteiger partial charge in [0, 0.05) is 17.4 Å². The number of aromatic nitrogens is 2. The molecule has 2 aromatic carbocycles. The van der Waals surface area contributed by atoms with Gasteiger partial charge in [-0.25, -0.2) is 4.98 Å². The zero-order valence-electron chi connectivity index (χ0n) is 12.2. The van der Waals surface area contributed by atoms with Crippen molar-refractivity contribution in [3.63, 3.8) is 0 Å². The molecule has 0 aliphatic rings. The first-order chi connectivity index (χ1) is 11.2. The molecule has 0 unspecified atom stereocenters. The lowest BCUT2D eigenvalue weighted by atomic mass is 10.1. The molecular formula is C18H13N3OS. The van der Waals surface area contributed by atoms with Crippen molar-refractivity contribution in [1.29, 1.82) is 5.26 Å². The van der Waals surface area contributed by atoms with Crippen LogP contribution in [0.1, 0.15) is 11.1 Å². The molecule has 112 valence electrons. The smallest absolute Gasteiger partial charge is 0.252 e. The number of rotatable bonds is 4. The van der Waals surface area contributed by atoms with E-state index in [2.05, 4.69) is 16.0 Å². The van der Waals surface area contributed by atoms with Crippen LogP contribution in [0.3, 0.4) is 0 Å². The van der Waals surface area contributed by atoms with Crippen LogP contribution in [0.25, 0.3) is 11.3 Å². The average molecular weight is 319 g/mol. The lowest BCUT2D eigenvalue weighted by molar-refractivity contribution is 0.942. The van der Waals surface area contributed by atoms with Crippen molar-refractivity contribution in [3.05, 3.63) is 82.1 Å². The van der Waals surface area contributed by atoms with Crippen LogP contribution in [0.5, 0.6) is 0 Å². The number of nitriles is 1. The molecule has 1 N–H and O–H groups in total. The van der Waals surface area contributed by atoms with Crippen molar-refractivity contribution < 1.29 is 0 Å². The summed E-state index contributed by atoms with van der Waals surface area (Å²) in [5.41, 5.74) is 3.12. The summed E-state index contributed by atoms with van der Waals surface area (Å²) in [6, 6.07) is 20.6. The quantitative estimate of drug-likeness (QED) is 0.589. The van der Waals surface area contributed by atoms with Gasteiger partial charge in [0.15, 0.2) is 5.16 Å². The normalized spacial score (nSPS) is 10.2. The summed E-state index contributed by atoms with van der Waals surface area (Å²) in [5.74, 6) is 0.674. The SMILES string of the molecule is N#Cc1ccc(CSc2nc(-c3ccccc3)cc(=O)[nH]2)cc1. The van der Waals surface area contributed by atoms with Gasteiger partial charge in [-0.05, 0) is 17.7 Å². The Bertz CT molecular complexity index is 896. The van der Waals surface area contributed by atoms with E-state index < -0.39 is 0 Å². The van der Waals surface area contributed by atoms with Crippen LogP contribution in [0.15, 0.2) is 70.6 Å². The largest absolute Gasteiger partial charge is 0.301 e. The number of nitrogens with one attached hydrogen (secondary N) is 1. The number of hydrogen-bond acceptors (Lipinski definition) is 4. The zero-order chi connectivity index (χ0) is 16.1. The highest BCUT2D eigenvalue weighted by Crippen LogP contribution is 2.21. The molecule has 3 aromatic rings. The molecular weight excluding hydrogens is 306 g/mol. The molecule has 3 rings (SSSR count). The lowest BCUT2D eigenvalue weighted by Gasteiger charge is -2.04. The predicted octanol–water partition coefficient (Wildman–Crippen LogP) is 3.60. The van der Waals surface area contributed by atoms with Gasteiger partial charge in [-0.15, -0.1) is 0 Å². The number of hydrogen-bond donors (Lipinski definition) is 1. The number of thioether (sulfide) groups is 1. The second kappa shape index (κ2) is 6.95. The van der Waals surface area contributed by atoms with Gasteiger partial charge in [-0.3, -0.25) is 4.79 Å². The standard InChI is InChI=1S/C18H13N3OS/c19-11-13-6-8-14(9-7-13)12-23-18-20-16(10-17(22)21-18)15-4-2-1-3-5-15/h1-10H,12H2,(H,20,21,22). The van der Waals surface area contributed by atoms with E-state index in [1.54, 1.807) is 12.1 Å². The minimum atomic E-state index is -0.166. The molecule has 0 aliphatic heterocycles. The second-order valence-electron chi connectivity index (χ2n) is 4.90. The second-order valence-corrected chi connectivity index (χ2v) is 5.86. The Morgan fingerprint density at radius 2 is 1.83 bits per heavy atom. The molecule has 0 saturated carbocycles. The lowest BCUT2D eigenvalue weighted by Crippen LogP contribution is -2.08. The Kier molecular flexibility index (Phi) is 4.55. The van der Waals surface area contributed by atoms with Crippen molar-refractivity contribution in [2.45, 2.75) is 10.9 Å². The van der Waals surface area contributed by atoms with Crippen molar-refractivity contribution >= 4 is 11.8 Å². The van der Waals surface area contributed by atoms with Crippen LogP contribution in [0.4, 0.5) is 0 Å². The van der Waals surface area contributed by atoms with Crippen molar-refractivity contribution in [2.24, 2.45) is 0 Å². The summed E-state index contributed by atoms with van der Waals surface area (Å²) in [7, 11) is 0. The maximum absolute atomic E-state index is 11.8. The van der Waals surface area contributed by atoms with Gasteiger partial charge in [0.05, 0.1) is 17.3 Å². The van der Waals surface area contributed by atoms with Crippen molar-refractivity contribution in [3.8, 4) is 17.3 Å². The molecule has 0 spiro atoms. The van der Waals surface area contributed by atoms with Gasteiger partial charge in [0.2, 0.25) is 0 Å². The first kappa shape index (κ1) is 15.1. The maximum atomic E-state index is 11.8. The minimum Gasteiger partial charge on any atom is -0.301 e. The van der Waals surface area contributed by atoms with Gasteiger partial charge in [-0.1, -0.05) is 54.2 Å². The number of H-pyrrole nitrogens is 1. The molecule has 1 aromatic heterocycles. The molecule has 0 amide bonds. The third kappa shape index (κ3) is 3.87. The molecule has 5 heteroatoms. The zero-order valence-corrected chi connectivity index (χ0v) is 13.0. The molecule has 1 heterocycles. The average Bonchev–Trinajstić information content (AvgIpc) is 2.61. The monoisotopic (exact) mass is 319 g/mol. The fourth-order valence-corrected chi connectivity index (χ4v) is 2.92. The van der Waals surface area contributed by atoms with Crippen LogP contribution in [0.2, 0.25) is 0 Å². The molecule has 0 aliphatic carbocycles. The van der Waals surface area contributed by atoms with E-state index in [9.17, 15) is 4.79 Å². The van der Waals surface area contributed by atoms with E-state index in [1.807, 2.05) is 42.5 Å². The van der Waals surface area contributed by atoms with Gasteiger partial charge < -0.3 is 4.98 Å². The highest BCUT2D eigenvalue weighted by atomic mass is 32.2. The summed E-state index contributed by atoms with van der Waals surface area (Å²) < 4.78 is 0. The van der Waals surface area contributed by atoms with Crippen LogP contribution in [-0.4, -0.2) is 9.97 Å². The van der Waals surface area contributed by atoms with Crippen molar-refractivity contribution in [1.82, 2.24) is 9.97 Å². The highest BCUT2D eigenvalue weighted by molar-refractivity contribution is 7.98. The fourth-order valence-electron chi connectivity index (χ4n) is 2.09. The van der Waals surface area contributed by atoms with Gasteiger partial charge in [0.1, 0.15) is 0 Å². The first-order valence-electron chi connectivity index (χ1n) is 7.03. The number of benzene rings is 2. The third-order valence-electron chi connectivity index (χ3n) is 3.25. The van der Waals surface area contributed by atoms with E-state index in [4.69, 9.17) is 5.26 Å². The number of aromatic amines is 1. The molecule has 0 saturated heterocycles. The molecule has 4 nitrogen and oxygen atoms in total. The number of nitrogens with zero attached hydrogens (tertiary/aromatic N) is 2. The Morgan fingerprint density at radius 1 is 1.09 bits per heavy atom. The molecule has 0 radical (unpaired) electrons. The Balaban J connectivity index is 1.79. The van der Waals surface area contributed by atoms with E-state index in [1.165, 1.54) is 17.8 Å². The molecule has 0 fully saturated rings. The summed E-state index contributed by atoms with van der Waals surface area (Å²) in [6.07, 6.45) is 0. The van der Waals surface area contributed by atoms with Gasteiger partial charge >= 0.3 is 0 Å². The fraction of sp³-hybridized carbons (Fsp3) is 0.0556. The van der Waals surface area contributed by atoms with Crippen LogP contribution < -0.4 is 5.56 Å². The Hall–Kier alpha value is -2.84. The van der Waals surface area contributed by atoms with E-state index in [-0.39, 0.29) is 5.56 Å². The van der Waals surface area contributed by atoms with Gasteiger partial charge in [0.25, 0.3) is 5.56 Å². The van der Waals surface area contributed by atoms with E-state index in [0.29, 0.717) is 22.2 Å². The molecule has 0 atom stereocenters. The summed E-state index contributed by atoms with van der Waals surface area (Å²) in [5, 5.41) is 9.38. The molecule has 0 bridgehead atoms. The minimum absolute atomic E-state index is 0.166. The summed E-state index contributed by atoms with van der Waals surface area (Å²) in [4.78, 5) is 19.1. The van der Waals surface area contributed by atoms with Crippen LogP contribution in [-0.2, 0) is 5.75 Å². The summed E-state index contributed by atoms with van der Waals surface area (Å²) in [6.45, 7) is 0. The third-order valence-corrected chi connectivity index (χ3v) is 4.19. The van der Waals surface area contributed by atoms with Crippen molar-refractivity contribution in [2.75, 3.05) is 0 Å². The summed E-state index contributed by atoms with van der Waals surface area (Å²) >= 11 is 1.46. The van der Waals surface area contributed by atoms with Crippen LogP contribution >= 0.6 is 11.8 Å². The van der Waals surface area contributed by atoms with Gasteiger partial charge in [-0.2, -0.15) is 5.26 Å². The highest BCUT2D eigenvalue weighted by Gasteiger charge is 2.05.